The monoisotopic (exact) mass is 573 g/mol. The van der Waals surface area contributed by atoms with E-state index < -0.39 is 79.5 Å². The van der Waals surface area contributed by atoms with Crippen LogP contribution in [0.2, 0.25) is 0 Å². The molecule has 40 heavy (non-hydrogen) atoms. The summed E-state index contributed by atoms with van der Waals surface area (Å²) in [6, 6.07) is 10.3. The minimum atomic E-state index is -4.79. The zero-order valence-corrected chi connectivity index (χ0v) is 21.2. The SMILES string of the molecule is Cc1cccc2c1CC(=O)[C@@H](NC(=O)[C@H](CCC(F)(F)F)[C@H](CCC(F)(F)F)C(N)=O)N=C2c1cccc(F)c1. The maximum absolute atomic E-state index is 14.1. The van der Waals surface area contributed by atoms with Gasteiger partial charge >= 0.3 is 12.4 Å². The third kappa shape index (κ3) is 8.12. The van der Waals surface area contributed by atoms with Crippen molar-refractivity contribution in [3.63, 3.8) is 0 Å². The van der Waals surface area contributed by atoms with Gasteiger partial charge in [-0.3, -0.25) is 19.4 Å². The summed E-state index contributed by atoms with van der Waals surface area (Å²) >= 11 is 0. The molecule has 2 aromatic carbocycles. The second-order valence-electron chi connectivity index (χ2n) is 9.57. The molecule has 3 rings (SSSR count). The molecule has 1 aliphatic heterocycles. The Bertz CT molecular complexity index is 1310. The van der Waals surface area contributed by atoms with Crippen LogP contribution in [0.1, 0.15) is 47.9 Å². The molecule has 0 bridgehead atoms. The van der Waals surface area contributed by atoms with Gasteiger partial charge in [-0.1, -0.05) is 30.3 Å². The minimum absolute atomic E-state index is 0.115. The van der Waals surface area contributed by atoms with E-state index in [1.165, 1.54) is 18.2 Å². The molecule has 0 saturated carbocycles. The van der Waals surface area contributed by atoms with Crippen molar-refractivity contribution in [2.45, 2.75) is 57.5 Å². The van der Waals surface area contributed by atoms with Gasteiger partial charge in [0.2, 0.25) is 11.8 Å². The molecule has 1 aliphatic rings. The van der Waals surface area contributed by atoms with Crippen LogP contribution in [0.4, 0.5) is 30.7 Å². The number of hydrogen-bond donors (Lipinski definition) is 2. The lowest BCUT2D eigenvalue weighted by Gasteiger charge is -2.26. The predicted octanol–water partition coefficient (Wildman–Crippen LogP) is 4.94. The van der Waals surface area contributed by atoms with Crippen LogP contribution < -0.4 is 11.1 Å². The molecular formula is C27H26F7N3O3. The molecule has 1 heterocycles. The fourth-order valence-corrected chi connectivity index (χ4v) is 4.62. The average molecular weight is 574 g/mol. The third-order valence-corrected chi connectivity index (χ3v) is 6.62. The van der Waals surface area contributed by atoms with Crippen molar-refractivity contribution in [2.24, 2.45) is 22.6 Å². The van der Waals surface area contributed by atoms with E-state index in [9.17, 15) is 45.1 Å². The molecule has 13 heteroatoms. The van der Waals surface area contributed by atoms with E-state index >= 15 is 0 Å². The average Bonchev–Trinajstić information content (AvgIpc) is 2.97. The van der Waals surface area contributed by atoms with Crippen LogP contribution in [0.25, 0.3) is 0 Å². The first-order valence-electron chi connectivity index (χ1n) is 12.2. The van der Waals surface area contributed by atoms with E-state index in [1.807, 2.05) is 0 Å². The molecule has 6 nitrogen and oxygen atoms in total. The second kappa shape index (κ2) is 12.2. The van der Waals surface area contributed by atoms with E-state index in [0.717, 1.165) is 6.07 Å². The number of primary amides is 1. The van der Waals surface area contributed by atoms with Crippen LogP contribution in [0.5, 0.6) is 0 Å². The first-order valence-corrected chi connectivity index (χ1v) is 12.2. The molecule has 0 saturated heterocycles. The Kier molecular flexibility index (Phi) is 9.36. The van der Waals surface area contributed by atoms with Gasteiger partial charge in [-0.25, -0.2) is 4.39 Å². The number of carbonyl (C=O) groups excluding carboxylic acids is 3. The maximum Gasteiger partial charge on any atom is 0.389 e. The van der Waals surface area contributed by atoms with E-state index in [1.54, 1.807) is 25.1 Å². The van der Waals surface area contributed by atoms with Gasteiger partial charge in [0.1, 0.15) is 5.82 Å². The van der Waals surface area contributed by atoms with Crippen LogP contribution in [0, 0.1) is 24.6 Å². The Morgan fingerprint density at radius 3 is 2.17 bits per heavy atom. The third-order valence-electron chi connectivity index (χ3n) is 6.62. The van der Waals surface area contributed by atoms with Gasteiger partial charge in [0.15, 0.2) is 11.9 Å². The molecule has 3 N–H and O–H groups in total. The van der Waals surface area contributed by atoms with Gasteiger partial charge in [0, 0.05) is 42.2 Å². The predicted molar refractivity (Wildman–Crippen MR) is 131 cm³/mol. The topological polar surface area (TPSA) is 102 Å². The van der Waals surface area contributed by atoms with Gasteiger partial charge in [-0.2, -0.15) is 26.3 Å². The Hall–Kier alpha value is -3.77. The highest BCUT2D eigenvalue weighted by atomic mass is 19.4. The number of alkyl halides is 6. The fraction of sp³-hybridized carbons (Fsp3) is 0.407. The van der Waals surface area contributed by atoms with Crippen LogP contribution in [0.3, 0.4) is 0 Å². The number of amides is 2. The summed E-state index contributed by atoms with van der Waals surface area (Å²) < 4.78 is 91.7. The first kappa shape index (κ1) is 30.8. The van der Waals surface area contributed by atoms with Crippen LogP contribution >= 0.6 is 0 Å². The molecule has 0 spiro atoms. The maximum atomic E-state index is 14.1. The summed E-state index contributed by atoms with van der Waals surface area (Å²) in [5, 5.41) is 2.22. The van der Waals surface area contributed by atoms with Crippen molar-refractivity contribution in [1.29, 1.82) is 0 Å². The van der Waals surface area contributed by atoms with Gasteiger partial charge < -0.3 is 11.1 Å². The zero-order valence-electron chi connectivity index (χ0n) is 21.2. The molecule has 0 radical (unpaired) electrons. The number of nitrogens with zero attached hydrogens (tertiary/aromatic N) is 1. The van der Waals surface area contributed by atoms with Crippen molar-refractivity contribution >= 4 is 23.3 Å². The minimum Gasteiger partial charge on any atom is -0.369 e. The van der Waals surface area contributed by atoms with Gasteiger partial charge in [-0.05, 0) is 43.0 Å². The molecule has 2 amide bonds. The summed E-state index contributed by atoms with van der Waals surface area (Å²) in [5.74, 6) is -7.77. The number of ketones is 1. The normalized spacial score (nSPS) is 17.4. The number of halogens is 7. The van der Waals surface area contributed by atoms with E-state index in [0.29, 0.717) is 16.7 Å². The highest BCUT2D eigenvalue weighted by Crippen LogP contribution is 2.33. The largest absolute Gasteiger partial charge is 0.389 e. The molecule has 216 valence electrons. The number of nitrogens with two attached hydrogens (primary N) is 1. The first-order chi connectivity index (χ1) is 18.6. The molecule has 0 unspecified atom stereocenters. The van der Waals surface area contributed by atoms with Crippen LogP contribution in [0.15, 0.2) is 47.5 Å². The number of carbonyl (C=O) groups is 3. The number of nitrogens with one attached hydrogen (secondary N) is 1. The van der Waals surface area contributed by atoms with Gasteiger partial charge in [0.05, 0.1) is 5.71 Å². The second-order valence-corrected chi connectivity index (χ2v) is 9.57. The standard InChI is InChI=1S/C27H26F7N3O3/c1-14-4-2-7-17-20(14)13-21(38)24(36-22(17)15-5-3-6-16(28)12-15)37-25(40)19(9-11-27(32,33)34)18(23(35)39)8-10-26(29,30)31/h2-7,12,18-19,24H,8-11,13H2,1H3,(H2,35,39)(H,37,40)/t18-,19+,24+/m0/s1. The molecular weight excluding hydrogens is 547 g/mol. The van der Waals surface area contributed by atoms with E-state index in [4.69, 9.17) is 5.73 Å². The number of rotatable bonds is 9. The van der Waals surface area contributed by atoms with Crippen LogP contribution in [-0.4, -0.2) is 41.8 Å². The summed E-state index contributed by atoms with van der Waals surface area (Å²) in [5.41, 5.74) is 7.26. The smallest absolute Gasteiger partial charge is 0.369 e. The number of hydrogen-bond acceptors (Lipinski definition) is 4. The Labute approximate surface area is 224 Å². The summed E-state index contributed by atoms with van der Waals surface area (Å²) in [6.07, 6.45) is -16.7. The van der Waals surface area contributed by atoms with Crippen molar-refractivity contribution in [2.75, 3.05) is 0 Å². The lowest BCUT2D eigenvalue weighted by molar-refractivity contribution is -0.152. The van der Waals surface area contributed by atoms with Gasteiger partial charge in [0.25, 0.3) is 0 Å². The number of aliphatic imine (C=N–C) groups is 1. The van der Waals surface area contributed by atoms with Crippen molar-refractivity contribution in [3.05, 3.63) is 70.5 Å². The number of aryl methyl sites for hydroxylation is 1. The van der Waals surface area contributed by atoms with Crippen LogP contribution in [-0.2, 0) is 20.8 Å². The van der Waals surface area contributed by atoms with E-state index in [2.05, 4.69) is 10.3 Å². The zero-order chi connectivity index (χ0) is 29.8. The quantitative estimate of drug-likeness (QED) is 0.416. The lowest BCUT2D eigenvalue weighted by atomic mass is 9.83. The van der Waals surface area contributed by atoms with E-state index in [-0.39, 0.29) is 17.7 Å². The molecule has 0 aromatic heterocycles. The highest BCUT2D eigenvalue weighted by Gasteiger charge is 2.40. The lowest BCUT2D eigenvalue weighted by Crippen LogP contribution is -2.47. The van der Waals surface area contributed by atoms with Crippen molar-refractivity contribution in [3.8, 4) is 0 Å². The van der Waals surface area contributed by atoms with Crippen molar-refractivity contribution in [1.82, 2.24) is 5.32 Å². The summed E-state index contributed by atoms with van der Waals surface area (Å²) in [6.45, 7) is 1.72. The Morgan fingerprint density at radius 2 is 1.60 bits per heavy atom. The number of Topliss-reactive ketones (excluding diaryl/α,β-unsaturated/α-hetero) is 1. The molecule has 2 aromatic rings. The fourth-order valence-electron chi connectivity index (χ4n) is 4.62. The van der Waals surface area contributed by atoms with Crippen molar-refractivity contribution < 1.29 is 45.1 Å². The Balaban J connectivity index is 2.02. The Morgan fingerprint density at radius 1 is 1.00 bits per heavy atom. The highest BCUT2D eigenvalue weighted by molar-refractivity contribution is 6.16. The molecule has 3 atom stereocenters. The number of benzene rings is 2. The summed E-state index contributed by atoms with van der Waals surface area (Å²) in [4.78, 5) is 42.8. The molecule has 0 aliphatic carbocycles. The molecule has 0 fully saturated rings. The van der Waals surface area contributed by atoms with Gasteiger partial charge in [-0.15, -0.1) is 0 Å². The number of fused-ring (bicyclic) bond motifs is 1. The summed E-state index contributed by atoms with van der Waals surface area (Å²) in [7, 11) is 0.